The highest BCUT2D eigenvalue weighted by Crippen LogP contribution is 2.36. The summed E-state index contributed by atoms with van der Waals surface area (Å²) < 4.78 is 0. The zero-order valence-electron chi connectivity index (χ0n) is 15.1. The first-order valence-corrected chi connectivity index (χ1v) is 8.39. The van der Waals surface area contributed by atoms with Gasteiger partial charge in [0, 0.05) is 16.7 Å². The van der Waals surface area contributed by atoms with E-state index >= 15 is 0 Å². The summed E-state index contributed by atoms with van der Waals surface area (Å²) >= 11 is 0. The lowest BCUT2D eigenvalue weighted by molar-refractivity contribution is 0.0997. The largest absolute Gasteiger partial charge is 0.494 e. The summed E-state index contributed by atoms with van der Waals surface area (Å²) in [5.41, 5.74) is 17.2. The first-order valence-electron chi connectivity index (χ1n) is 8.39. The number of amidine groups is 2. The molecule has 0 unspecified atom stereocenters. The summed E-state index contributed by atoms with van der Waals surface area (Å²) in [6.45, 7) is 0. The van der Waals surface area contributed by atoms with Gasteiger partial charge in [-0.05, 0) is 23.3 Å². The van der Waals surface area contributed by atoms with Crippen LogP contribution in [0.1, 0.15) is 21.5 Å². The molecule has 0 spiro atoms. The van der Waals surface area contributed by atoms with Crippen molar-refractivity contribution in [2.75, 3.05) is 0 Å². The van der Waals surface area contributed by atoms with Crippen LogP contribution in [0, 0.1) is 10.8 Å². The maximum absolute atomic E-state index is 12.8. The van der Waals surface area contributed by atoms with Crippen molar-refractivity contribution < 1.29 is 9.90 Å². The Morgan fingerprint density at radius 3 is 1.79 bits per heavy atom. The topological polar surface area (TPSA) is 196 Å². The Morgan fingerprint density at radius 2 is 1.34 bits per heavy atom. The van der Waals surface area contributed by atoms with Crippen LogP contribution in [0.5, 0.6) is 5.88 Å². The Hall–Kier alpha value is -4.40. The van der Waals surface area contributed by atoms with Crippen LogP contribution in [0.15, 0.2) is 53.3 Å². The van der Waals surface area contributed by atoms with Gasteiger partial charge in [0.05, 0.1) is 5.56 Å². The third-order valence-electron chi connectivity index (χ3n) is 4.37. The molecule has 0 bridgehead atoms. The summed E-state index contributed by atoms with van der Waals surface area (Å²) in [7, 11) is 0. The standard InChI is InChI=1S/C20H18N6O3/c21-16(22)11-5-1-3-9(7-11)13-14(10-4-2-6-12(8-10)17(23)24)19(28)26-20(29)15(13)18(25)27/h1-8H,(H3,21,22)(H3,23,24)(H2,25,27)(H2,26,28,29). The average Bonchev–Trinajstić information content (AvgIpc) is 2.67. The van der Waals surface area contributed by atoms with Gasteiger partial charge in [0.1, 0.15) is 17.2 Å². The number of aromatic hydroxyl groups is 1. The van der Waals surface area contributed by atoms with Crippen LogP contribution in [0.25, 0.3) is 22.3 Å². The van der Waals surface area contributed by atoms with Gasteiger partial charge in [-0.15, -0.1) is 0 Å². The fourth-order valence-corrected chi connectivity index (χ4v) is 3.08. The van der Waals surface area contributed by atoms with Crippen LogP contribution in [0.4, 0.5) is 0 Å². The number of carbonyl (C=O) groups is 1. The fourth-order valence-electron chi connectivity index (χ4n) is 3.08. The average molecular weight is 390 g/mol. The predicted octanol–water partition coefficient (Wildman–Crippen LogP) is 1.08. The highest BCUT2D eigenvalue weighted by Gasteiger charge is 2.24. The third-order valence-corrected chi connectivity index (χ3v) is 4.37. The number of amides is 1. The van der Waals surface area contributed by atoms with Crippen molar-refractivity contribution in [2.45, 2.75) is 0 Å². The van der Waals surface area contributed by atoms with Crippen LogP contribution in [0.3, 0.4) is 0 Å². The summed E-state index contributed by atoms with van der Waals surface area (Å²) in [6, 6.07) is 12.7. The third kappa shape index (κ3) is 3.56. The number of nitrogens with two attached hydrogens (primary N) is 3. The lowest BCUT2D eigenvalue weighted by Crippen LogP contribution is -2.20. The molecule has 1 heterocycles. The first-order chi connectivity index (χ1) is 13.7. The molecule has 3 rings (SSSR count). The molecule has 0 saturated heterocycles. The summed E-state index contributed by atoms with van der Waals surface area (Å²) in [6.07, 6.45) is 0. The van der Waals surface area contributed by atoms with Crippen molar-refractivity contribution in [3.8, 4) is 28.1 Å². The van der Waals surface area contributed by atoms with Crippen molar-refractivity contribution in [3.63, 3.8) is 0 Å². The van der Waals surface area contributed by atoms with Crippen LogP contribution >= 0.6 is 0 Å². The van der Waals surface area contributed by atoms with E-state index in [2.05, 4.69) is 4.98 Å². The summed E-state index contributed by atoms with van der Waals surface area (Å²) in [5.74, 6) is -2.03. The van der Waals surface area contributed by atoms with Crippen LogP contribution in [-0.4, -0.2) is 27.7 Å². The van der Waals surface area contributed by atoms with Crippen molar-refractivity contribution >= 4 is 17.6 Å². The monoisotopic (exact) mass is 390 g/mol. The number of nitrogen functional groups attached to an aromatic ring is 2. The number of benzene rings is 2. The van der Waals surface area contributed by atoms with E-state index in [1.807, 2.05) is 0 Å². The molecule has 0 aliphatic carbocycles. The number of hydrogen-bond acceptors (Lipinski definition) is 5. The van der Waals surface area contributed by atoms with Gasteiger partial charge >= 0.3 is 0 Å². The van der Waals surface area contributed by atoms with Crippen LogP contribution < -0.4 is 22.8 Å². The molecule has 9 nitrogen and oxygen atoms in total. The number of aromatic nitrogens is 1. The fraction of sp³-hybridized carbons (Fsp3) is 0. The highest BCUT2D eigenvalue weighted by atomic mass is 16.3. The van der Waals surface area contributed by atoms with Crippen molar-refractivity contribution in [2.24, 2.45) is 17.2 Å². The highest BCUT2D eigenvalue weighted by molar-refractivity contribution is 6.07. The molecule has 0 fully saturated rings. The minimum absolute atomic E-state index is 0.0559. The van der Waals surface area contributed by atoms with E-state index in [1.54, 1.807) is 36.4 Å². The van der Waals surface area contributed by atoms with Gasteiger partial charge in [0.2, 0.25) is 5.88 Å². The van der Waals surface area contributed by atoms with Gasteiger partial charge in [-0.25, -0.2) is 0 Å². The summed E-state index contributed by atoms with van der Waals surface area (Å²) in [5, 5.41) is 25.5. The van der Waals surface area contributed by atoms with Gasteiger partial charge in [0.25, 0.3) is 11.5 Å². The maximum Gasteiger partial charge on any atom is 0.259 e. The van der Waals surface area contributed by atoms with Crippen molar-refractivity contribution in [1.29, 1.82) is 10.8 Å². The lowest BCUT2D eigenvalue weighted by Gasteiger charge is -2.15. The first kappa shape index (κ1) is 19.4. The van der Waals surface area contributed by atoms with Gasteiger partial charge in [-0.2, -0.15) is 0 Å². The van der Waals surface area contributed by atoms with Crippen LogP contribution in [0.2, 0.25) is 0 Å². The summed E-state index contributed by atoms with van der Waals surface area (Å²) in [4.78, 5) is 27.1. The molecular weight excluding hydrogens is 372 g/mol. The lowest BCUT2D eigenvalue weighted by atomic mass is 9.90. The smallest absolute Gasteiger partial charge is 0.259 e. The van der Waals surface area contributed by atoms with Gasteiger partial charge in [-0.3, -0.25) is 25.4 Å². The quantitative estimate of drug-likeness (QED) is 0.252. The van der Waals surface area contributed by atoms with Gasteiger partial charge in [0.15, 0.2) is 0 Å². The van der Waals surface area contributed by atoms with Gasteiger partial charge < -0.3 is 22.3 Å². The molecule has 1 aromatic heterocycles. The molecule has 9 heteroatoms. The minimum Gasteiger partial charge on any atom is -0.494 e. The molecule has 10 N–H and O–H groups in total. The number of carbonyl (C=O) groups excluding carboxylic acids is 1. The number of primary amides is 1. The zero-order valence-corrected chi connectivity index (χ0v) is 15.1. The molecular formula is C20H18N6O3. The molecule has 29 heavy (non-hydrogen) atoms. The second-order valence-electron chi connectivity index (χ2n) is 6.28. The van der Waals surface area contributed by atoms with E-state index < -0.39 is 17.3 Å². The Labute approximate surface area is 164 Å². The molecule has 0 aliphatic rings. The molecule has 3 aromatic rings. The molecule has 0 saturated carbocycles. The number of pyridine rings is 1. The molecule has 0 radical (unpaired) electrons. The minimum atomic E-state index is -0.953. The predicted molar refractivity (Wildman–Crippen MR) is 110 cm³/mol. The maximum atomic E-state index is 12.8. The Balaban J connectivity index is 2.46. The number of H-pyrrole nitrogens is 1. The Kier molecular flexibility index (Phi) is 4.88. The normalized spacial score (nSPS) is 10.5. The van der Waals surface area contributed by atoms with Crippen LogP contribution in [-0.2, 0) is 0 Å². The SMILES string of the molecule is N=C(N)c1cccc(-c2c(C(N)=O)c(O)[nH]c(=O)c2-c2cccc(C(=N)N)c2)c1. The molecule has 146 valence electrons. The van der Waals surface area contributed by atoms with E-state index in [-0.39, 0.29) is 28.4 Å². The van der Waals surface area contributed by atoms with Crippen molar-refractivity contribution in [3.05, 3.63) is 75.6 Å². The van der Waals surface area contributed by atoms with Crippen molar-refractivity contribution in [1.82, 2.24) is 4.98 Å². The van der Waals surface area contributed by atoms with E-state index in [0.29, 0.717) is 22.3 Å². The van der Waals surface area contributed by atoms with E-state index in [0.717, 1.165) is 0 Å². The second-order valence-corrected chi connectivity index (χ2v) is 6.28. The Bertz CT molecular complexity index is 1230. The van der Waals surface area contributed by atoms with E-state index in [9.17, 15) is 14.7 Å². The molecule has 0 aliphatic heterocycles. The second kappa shape index (κ2) is 7.31. The number of nitrogens with one attached hydrogen (secondary N) is 3. The molecule has 0 atom stereocenters. The Morgan fingerprint density at radius 1 is 0.862 bits per heavy atom. The number of aromatic amines is 1. The number of hydrogen-bond donors (Lipinski definition) is 7. The van der Waals surface area contributed by atoms with E-state index in [1.165, 1.54) is 12.1 Å². The van der Waals surface area contributed by atoms with Gasteiger partial charge in [-0.1, -0.05) is 36.4 Å². The molecule has 1 amide bonds. The number of rotatable bonds is 5. The zero-order chi connectivity index (χ0) is 21.3. The van der Waals surface area contributed by atoms with E-state index in [4.69, 9.17) is 28.0 Å². The molecule has 2 aromatic carbocycles.